The first kappa shape index (κ1) is 18.2. The maximum atomic E-state index is 12.7. The molecule has 0 radical (unpaired) electrons. The van der Waals surface area contributed by atoms with Crippen molar-refractivity contribution in [3.63, 3.8) is 0 Å². The summed E-state index contributed by atoms with van der Waals surface area (Å²) in [4.78, 5) is 28.1. The van der Waals surface area contributed by atoms with Crippen molar-refractivity contribution in [3.8, 4) is 0 Å². The first-order chi connectivity index (χ1) is 10.6. The molecule has 132 valence electrons. The summed E-state index contributed by atoms with van der Waals surface area (Å²) in [5, 5.41) is 2.80. The van der Waals surface area contributed by atoms with Crippen LogP contribution in [0.3, 0.4) is 0 Å². The van der Waals surface area contributed by atoms with E-state index >= 15 is 0 Å². The fourth-order valence-corrected chi connectivity index (χ4v) is 4.01. The van der Waals surface area contributed by atoms with Gasteiger partial charge < -0.3 is 10.2 Å². The summed E-state index contributed by atoms with van der Waals surface area (Å²) in [5.74, 6) is -0.251. The second kappa shape index (κ2) is 6.74. The van der Waals surface area contributed by atoms with Gasteiger partial charge in [-0.2, -0.15) is 0 Å². The third-order valence-corrected chi connectivity index (χ3v) is 5.15. The number of fused-ring (bicyclic) bond motifs is 1. The Kier molecular flexibility index (Phi) is 5.32. The molecule has 0 saturated carbocycles. The van der Waals surface area contributed by atoms with E-state index in [-0.39, 0.29) is 36.4 Å². The maximum Gasteiger partial charge on any atom is 0.242 e. The summed E-state index contributed by atoms with van der Waals surface area (Å²) in [6.07, 6.45) is 1.75. The van der Waals surface area contributed by atoms with Gasteiger partial charge in [0.25, 0.3) is 0 Å². The SMILES string of the molecule is CC(C)C(=O)NC[C@H]1C(=O)N2C[C@@H](NS(C)(=O)=O)C[C@H]2CN1C. The molecule has 2 N–H and O–H groups in total. The predicted molar refractivity (Wildman–Crippen MR) is 86.2 cm³/mol. The molecule has 3 atom stereocenters. The molecule has 0 aromatic carbocycles. The zero-order valence-corrected chi connectivity index (χ0v) is 14.9. The lowest BCUT2D eigenvalue weighted by Gasteiger charge is -2.41. The van der Waals surface area contributed by atoms with Crippen LogP contribution in [-0.2, 0) is 19.6 Å². The lowest BCUT2D eigenvalue weighted by molar-refractivity contribution is -0.142. The number of hydrogen-bond donors (Lipinski definition) is 2. The molecule has 2 amide bonds. The number of hydrogen-bond acceptors (Lipinski definition) is 5. The van der Waals surface area contributed by atoms with E-state index < -0.39 is 16.1 Å². The molecule has 0 bridgehead atoms. The number of carbonyl (C=O) groups is 2. The summed E-state index contributed by atoms with van der Waals surface area (Å²) < 4.78 is 25.3. The second-order valence-corrected chi connectivity index (χ2v) is 8.60. The van der Waals surface area contributed by atoms with Gasteiger partial charge >= 0.3 is 0 Å². The van der Waals surface area contributed by atoms with Gasteiger partial charge in [0.05, 0.1) is 6.26 Å². The minimum absolute atomic E-state index is 0.0174. The van der Waals surface area contributed by atoms with Gasteiger partial charge in [-0.3, -0.25) is 14.5 Å². The van der Waals surface area contributed by atoms with Crippen molar-refractivity contribution in [2.45, 2.75) is 38.4 Å². The summed E-state index contributed by atoms with van der Waals surface area (Å²) in [6.45, 7) is 4.95. The van der Waals surface area contributed by atoms with Gasteiger partial charge in [-0.05, 0) is 13.5 Å². The van der Waals surface area contributed by atoms with E-state index in [2.05, 4.69) is 10.0 Å². The molecule has 0 aromatic heterocycles. The highest BCUT2D eigenvalue weighted by molar-refractivity contribution is 7.88. The van der Waals surface area contributed by atoms with Crippen molar-refractivity contribution in [2.24, 2.45) is 5.92 Å². The zero-order chi connectivity index (χ0) is 17.4. The minimum atomic E-state index is -3.28. The Morgan fingerprint density at radius 3 is 2.57 bits per heavy atom. The summed E-state index contributed by atoms with van der Waals surface area (Å²) in [6, 6.07) is -0.619. The van der Waals surface area contributed by atoms with Crippen molar-refractivity contribution < 1.29 is 18.0 Å². The lowest BCUT2D eigenvalue weighted by Crippen LogP contribution is -2.61. The van der Waals surface area contributed by atoms with E-state index in [4.69, 9.17) is 0 Å². The van der Waals surface area contributed by atoms with E-state index in [1.54, 1.807) is 18.7 Å². The third-order valence-electron chi connectivity index (χ3n) is 4.39. The van der Waals surface area contributed by atoms with Crippen molar-refractivity contribution in [3.05, 3.63) is 0 Å². The highest BCUT2D eigenvalue weighted by Crippen LogP contribution is 2.25. The number of nitrogens with one attached hydrogen (secondary N) is 2. The number of likely N-dealkylation sites (N-methyl/N-ethyl adjacent to an activating group) is 1. The van der Waals surface area contributed by atoms with Crippen LogP contribution in [0, 0.1) is 5.92 Å². The fourth-order valence-electron chi connectivity index (χ4n) is 3.23. The fraction of sp³-hybridized carbons (Fsp3) is 0.857. The van der Waals surface area contributed by atoms with Gasteiger partial charge in [0.1, 0.15) is 6.04 Å². The Bertz CT molecular complexity index is 577. The Balaban J connectivity index is 1.99. The molecule has 0 spiro atoms. The van der Waals surface area contributed by atoms with Gasteiger partial charge in [-0.15, -0.1) is 0 Å². The van der Waals surface area contributed by atoms with Gasteiger partial charge in [-0.25, -0.2) is 13.1 Å². The van der Waals surface area contributed by atoms with E-state index in [1.807, 2.05) is 11.9 Å². The van der Waals surface area contributed by atoms with E-state index in [9.17, 15) is 18.0 Å². The largest absolute Gasteiger partial charge is 0.354 e. The van der Waals surface area contributed by atoms with Crippen LogP contribution in [0.25, 0.3) is 0 Å². The van der Waals surface area contributed by atoms with Crippen LogP contribution in [0.15, 0.2) is 0 Å². The second-order valence-electron chi connectivity index (χ2n) is 6.82. The number of amides is 2. The molecule has 9 heteroatoms. The Morgan fingerprint density at radius 2 is 2.00 bits per heavy atom. The first-order valence-electron chi connectivity index (χ1n) is 7.84. The summed E-state index contributed by atoms with van der Waals surface area (Å²) in [7, 11) is -1.42. The molecule has 0 aliphatic carbocycles. The molecular formula is C14H26N4O4S. The Labute approximate surface area is 137 Å². The zero-order valence-electron chi connectivity index (χ0n) is 14.1. The Morgan fingerprint density at radius 1 is 1.35 bits per heavy atom. The van der Waals surface area contributed by atoms with Crippen LogP contribution >= 0.6 is 0 Å². The molecule has 2 aliphatic rings. The minimum Gasteiger partial charge on any atom is -0.354 e. The topological polar surface area (TPSA) is 98.8 Å². The molecule has 23 heavy (non-hydrogen) atoms. The lowest BCUT2D eigenvalue weighted by atomic mass is 10.1. The summed E-state index contributed by atoms with van der Waals surface area (Å²) >= 11 is 0. The first-order valence-corrected chi connectivity index (χ1v) is 9.73. The Hall–Kier alpha value is -1.19. The van der Waals surface area contributed by atoms with Crippen LogP contribution in [0.5, 0.6) is 0 Å². The van der Waals surface area contributed by atoms with Crippen LogP contribution in [-0.4, -0.2) is 81.1 Å². The van der Waals surface area contributed by atoms with E-state index in [0.29, 0.717) is 19.5 Å². The molecule has 2 fully saturated rings. The van der Waals surface area contributed by atoms with Gasteiger partial charge in [0.15, 0.2) is 0 Å². The molecular weight excluding hydrogens is 320 g/mol. The third kappa shape index (κ3) is 4.42. The predicted octanol–water partition coefficient (Wildman–Crippen LogP) is -1.41. The smallest absolute Gasteiger partial charge is 0.242 e. The molecule has 0 aromatic rings. The van der Waals surface area contributed by atoms with Crippen molar-refractivity contribution >= 4 is 21.8 Å². The monoisotopic (exact) mass is 346 g/mol. The highest BCUT2D eigenvalue weighted by Gasteiger charge is 2.44. The van der Waals surface area contributed by atoms with Crippen molar-refractivity contribution in [2.75, 3.05) is 32.9 Å². The highest BCUT2D eigenvalue weighted by atomic mass is 32.2. The van der Waals surface area contributed by atoms with Crippen LogP contribution in [0.1, 0.15) is 20.3 Å². The van der Waals surface area contributed by atoms with Crippen LogP contribution in [0.4, 0.5) is 0 Å². The number of sulfonamides is 1. The molecule has 8 nitrogen and oxygen atoms in total. The molecule has 0 unspecified atom stereocenters. The summed E-state index contributed by atoms with van der Waals surface area (Å²) in [5.41, 5.74) is 0. The molecule has 2 heterocycles. The average molecular weight is 346 g/mol. The molecule has 2 aliphatic heterocycles. The number of piperazine rings is 1. The molecule has 2 rings (SSSR count). The van der Waals surface area contributed by atoms with Crippen molar-refractivity contribution in [1.29, 1.82) is 0 Å². The normalized spacial score (nSPS) is 29.0. The standard InChI is InChI=1S/C14H26N4O4S/c1-9(2)13(19)15-6-12-14(20)18-7-10(16-23(4,21)22)5-11(18)8-17(12)3/h9-12,16H,5-8H2,1-4H3,(H,15,19)/t10-,11-,12-/m0/s1. The van der Waals surface area contributed by atoms with Crippen molar-refractivity contribution in [1.82, 2.24) is 19.8 Å². The van der Waals surface area contributed by atoms with Crippen LogP contribution < -0.4 is 10.0 Å². The number of nitrogens with zero attached hydrogens (tertiary/aromatic N) is 2. The van der Waals surface area contributed by atoms with Gasteiger partial charge in [0, 0.05) is 37.6 Å². The van der Waals surface area contributed by atoms with E-state index in [1.165, 1.54) is 0 Å². The van der Waals surface area contributed by atoms with Gasteiger partial charge in [-0.1, -0.05) is 13.8 Å². The number of carbonyl (C=O) groups excluding carboxylic acids is 2. The maximum absolute atomic E-state index is 12.7. The molecule has 2 saturated heterocycles. The quantitative estimate of drug-likeness (QED) is 0.637. The van der Waals surface area contributed by atoms with E-state index in [0.717, 1.165) is 6.26 Å². The van der Waals surface area contributed by atoms with Crippen LogP contribution in [0.2, 0.25) is 0 Å². The number of rotatable bonds is 5. The van der Waals surface area contributed by atoms with Gasteiger partial charge in [0.2, 0.25) is 21.8 Å². The average Bonchev–Trinajstić information content (AvgIpc) is 2.78.